The molecule has 23 heavy (non-hydrogen) atoms. The summed E-state index contributed by atoms with van der Waals surface area (Å²) < 4.78 is 7.55. The highest BCUT2D eigenvalue weighted by Gasteiger charge is 2.46. The van der Waals surface area contributed by atoms with Crippen molar-refractivity contribution in [2.24, 2.45) is 0 Å². The van der Waals surface area contributed by atoms with Crippen molar-refractivity contribution >= 4 is 17.0 Å². The second-order valence-electron chi connectivity index (χ2n) is 6.11. The number of fused-ring (bicyclic) bond motifs is 1. The normalized spacial score (nSPS) is 28.0. The van der Waals surface area contributed by atoms with Crippen molar-refractivity contribution in [3.05, 3.63) is 12.7 Å². The molecule has 4 atom stereocenters. The van der Waals surface area contributed by atoms with Gasteiger partial charge in [-0.15, -0.1) is 0 Å². The third kappa shape index (κ3) is 2.55. The molecule has 1 aliphatic rings. The summed E-state index contributed by atoms with van der Waals surface area (Å²) >= 11 is 0. The molecular weight excluding hydrogens is 300 g/mol. The summed E-state index contributed by atoms with van der Waals surface area (Å²) in [5, 5.41) is 20.2. The number of aromatic nitrogens is 4. The van der Waals surface area contributed by atoms with Crippen LogP contribution in [-0.2, 0) is 4.74 Å². The van der Waals surface area contributed by atoms with Gasteiger partial charge >= 0.3 is 0 Å². The van der Waals surface area contributed by atoms with Gasteiger partial charge in [0, 0.05) is 14.1 Å². The number of aliphatic hydroxyl groups is 2. The minimum absolute atomic E-state index is 0.166. The molecule has 0 aromatic carbocycles. The van der Waals surface area contributed by atoms with E-state index in [1.807, 2.05) is 38.0 Å². The number of aliphatic hydroxyl groups excluding tert-OH is 2. The van der Waals surface area contributed by atoms with Crippen molar-refractivity contribution in [3.63, 3.8) is 0 Å². The lowest BCUT2D eigenvalue weighted by atomic mass is 10.1. The molecule has 0 amide bonds. The van der Waals surface area contributed by atoms with Gasteiger partial charge in [0.05, 0.1) is 19.0 Å². The molecule has 0 unspecified atom stereocenters. The first-order valence-electron chi connectivity index (χ1n) is 7.41. The molecule has 0 bridgehead atoms. The second kappa shape index (κ2) is 6.00. The van der Waals surface area contributed by atoms with Crippen LogP contribution in [0.2, 0.25) is 0 Å². The predicted molar refractivity (Wildman–Crippen MR) is 84.1 cm³/mol. The Kier molecular flexibility index (Phi) is 4.19. The van der Waals surface area contributed by atoms with E-state index in [1.165, 1.54) is 6.33 Å². The van der Waals surface area contributed by atoms with Crippen molar-refractivity contribution in [3.8, 4) is 0 Å². The second-order valence-corrected chi connectivity index (χ2v) is 6.11. The Bertz CT molecular complexity index is 688. The largest absolute Gasteiger partial charge is 0.394 e. The summed E-state index contributed by atoms with van der Waals surface area (Å²) in [6.07, 6.45) is 1.11. The number of hydrogen-bond donors (Lipinski definition) is 2. The van der Waals surface area contributed by atoms with Gasteiger partial charge in [-0.25, -0.2) is 15.0 Å². The fourth-order valence-corrected chi connectivity index (χ4v) is 3.10. The van der Waals surface area contributed by atoms with Crippen molar-refractivity contribution in [1.29, 1.82) is 0 Å². The standard InChI is InChI=1S/C14H22N6O3/c1-18(2)10-8(5-21)23-14(11(10)22)20-7-17-9-12(19(3)4)15-6-16-13(9)20/h6-8,10-11,14,21-22H,5H2,1-4H3/t8-,10-,11-,14-/m1/s1. The summed E-state index contributed by atoms with van der Waals surface area (Å²) in [6.45, 7) is -0.166. The highest BCUT2D eigenvalue weighted by molar-refractivity contribution is 5.83. The van der Waals surface area contributed by atoms with Gasteiger partial charge in [-0.05, 0) is 14.1 Å². The summed E-state index contributed by atoms with van der Waals surface area (Å²) in [4.78, 5) is 16.6. The van der Waals surface area contributed by atoms with Crippen LogP contribution < -0.4 is 4.90 Å². The first kappa shape index (κ1) is 16.1. The van der Waals surface area contributed by atoms with Crippen molar-refractivity contribution in [2.45, 2.75) is 24.5 Å². The SMILES string of the molecule is CN(C)c1ncnc2c1ncn2[C@@H]1O[C@H](CO)[C@@H](N(C)C)[C@H]1O. The van der Waals surface area contributed by atoms with Crippen molar-refractivity contribution in [1.82, 2.24) is 24.4 Å². The molecule has 9 nitrogen and oxygen atoms in total. The summed E-state index contributed by atoms with van der Waals surface area (Å²) in [5.41, 5.74) is 1.23. The minimum atomic E-state index is -0.808. The van der Waals surface area contributed by atoms with Crippen LogP contribution in [0.3, 0.4) is 0 Å². The van der Waals surface area contributed by atoms with Crippen LogP contribution in [0.5, 0.6) is 0 Å². The van der Waals surface area contributed by atoms with Gasteiger partial charge in [-0.3, -0.25) is 4.57 Å². The van der Waals surface area contributed by atoms with Crippen LogP contribution in [0.4, 0.5) is 5.82 Å². The first-order valence-corrected chi connectivity index (χ1v) is 7.41. The monoisotopic (exact) mass is 322 g/mol. The molecular formula is C14H22N6O3. The van der Waals surface area contributed by atoms with Gasteiger partial charge in [0.2, 0.25) is 0 Å². The Hall–Kier alpha value is -1.81. The molecule has 1 aliphatic heterocycles. The van der Waals surface area contributed by atoms with Crippen LogP contribution in [0, 0.1) is 0 Å². The molecule has 9 heteroatoms. The first-order chi connectivity index (χ1) is 11.0. The van der Waals surface area contributed by atoms with Gasteiger partial charge in [0.1, 0.15) is 18.5 Å². The number of hydrogen-bond acceptors (Lipinski definition) is 8. The molecule has 1 fully saturated rings. The van der Waals surface area contributed by atoms with Crippen LogP contribution in [0.25, 0.3) is 11.2 Å². The minimum Gasteiger partial charge on any atom is -0.394 e. The number of likely N-dealkylation sites (N-methyl/N-ethyl adjacent to an activating group) is 1. The molecule has 2 N–H and O–H groups in total. The smallest absolute Gasteiger partial charge is 0.167 e. The van der Waals surface area contributed by atoms with E-state index in [0.717, 1.165) is 0 Å². The van der Waals surface area contributed by atoms with E-state index in [-0.39, 0.29) is 12.6 Å². The molecule has 2 aromatic heterocycles. The molecule has 0 saturated carbocycles. The van der Waals surface area contributed by atoms with Gasteiger partial charge in [-0.1, -0.05) is 0 Å². The molecule has 2 aromatic rings. The van der Waals surface area contributed by atoms with Crippen LogP contribution in [-0.4, -0.2) is 87.7 Å². The number of rotatable bonds is 4. The van der Waals surface area contributed by atoms with Gasteiger partial charge in [0.15, 0.2) is 23.2 Å². The molecule has 126 valence electrons. The fourth-order valence-electron chi connectivity index (χ4n) is 3.10. The third-order valence-corrected chi connectivity index (χ3v) is 4.15. The van der Waals surface area contributed by atoms with Gasteiger partial charge < -0.3 is 24.7 Å². The highest BCUT2D eigenvalue weighted by atomic mass is 16.5. The van der Waals surface area contributed by atoms with Crippen LogP contribution >= 0.6 is 0 Å². The molecule has 0 radical (unpaired) electrons. The maximum atomic E-state index is 10.7. The lowest BCUT2D eigenvalue weighted by molar-refractivity contribution is -0.0495. The fraction of sp³-hybridized carbons (Fsp3) is 0.643. The lowest BCUT2D eigenvalue weighted by Crippen LogP contribution is -2.44. The van der Waals surface area contributed by atoms with E-state index in [0.29, 0.717) is 17.0 Å². The number of ether oxygens (including phenoxy) is 1. The Morgan fingerprint density at radius 2 is 1.96 bits per heavy atom. The Morgan fingerprint density at radius 3 is 2.52 bits per heavy atom. The number of imidazole rings is 1. The quantitative estimate of drug-likeness (QED) is 0.745. The highest BCUT2D eigenvalue weighted by Crippen LogP contribution is 2.34. The van der Waals surface area contributed by atoms with Crippen molar-refractivity contribution < 1.29 is 14.9 Å². The average molecular weight is 322 g/mol. The van der Waals surface area contributed by atoms with Gasteiger partial charge in [0.25, 0.3) is 0 Å². The average Bonchev–Trinajstić information content (AvgIpc) is 3.07. The molecule has 0 aliphatic carbocycles. The zero-order valence-electron chi connectivity index (χ0n) is 13.7. The summed E-state index contributed by atoms with van der Waals surface area (Å²) in [5.74, 6) is 0.698. The van der Waals surface area contributed by atoms with E-state index >= 15 is 0 Å². The van der Waals surface area contributed by atoms with Crippen LogP contribution in [0.1, 0.15) is 6.23 Å². The Morgan fingerprint density at radius 1 is 1.22 bits per heavy atom. The van der Waals surface area contributed by atoms with E-state index in [2.05, 4.69) is 15.0 Å². The zero-order valence-corrected chi connectivity index (χ0v) is 13.7. The lowest BCUT2D eigenvalue weighted by Gasteiger charge is -2.25. The number of nitrogens with zero attached hydrogens (tertiary/aromatic N) is 6. The maximum Gasteiger partial charge on any atom is 0.167 e. The predicted octanol–water partition coefficient (Wildman–Crippen LogP) is -0.927. The van der Waals surface area contributed by atoms with E-state index in [1.54, 1.807) is 10.9 Å². The van der Waals surface area contributed by atoms with E-state index in [4.69, 9.17) is 4.74 Å². The third-order valence-electron chi connectivity index (χ3n) is 4.15. The molecule has 3 heterocycles. The van der Waals surface area contributed by atoms with Crippen molar-refractivity contribution in [2.75, 3.05) is 39.7 Å². The van der Waals surface area contributed by atoms with E-state index < -0.39 is 18.4 Å². The maximum absolute atomic E-state index is 10.7. The summed E-state index contributed by atoms with van der Waals surface area (Å²) in [7, 11) is 7.46. The Balaban J connectivity index is 2.03. The number of anilines is 1. The van der Waals surface area contributed by atoms with Gasteiger partial charge in [-0.2, -0.15) is 0 Å². The topological polar surface area (TPSA) is 99.8 Å². The molecule has 3 rings (SSSR count). The molecule has 0 spiro atoms. The van der Waals surface area contributed by atoms with E-state index in [9.17, 15) is 10.2 Å². The summed E-state index contributed by atoms with van der Waals surface area (Å²) in [6, 6.07) is -0.308. The molecule has 1 saturated heterocycles. The van der Waals surface area contributed by atoms with Crippen LogP contribution in [0.15, 0.2) is 12.7 Å². The zero-order chi connectivity index (χ0) is 16.7. The Labute approximate surface area is 134 Å².